The molecule has 22 heavy (non-hydrogen) atoms. The number of pyridine rings is 2. The molecule has 4 aromatic rings. The van der Waals surface area contributed by atoms with Gasteiger partial charge in [-0.15, -0.1) is 0 Å². The lowest BCUT2D eigenvalue weighted by atomic mass is 10.0. The Labute approximate surface area is 133 Å². The number of hydrogen-bond donors (Lipinski definition) is 0. The maximum atomic E-state index is 7.59. The third kappa shape index (κ3) is 1.82. The first kappa shape index (κ1) is 10.1. The standard InChI is InChI=1S/C19H17N2O/c1-12-8-9-15(21(3)11-12)18-13(2)20-10-17-19(18)14-6-4-5-7-16(14)22-17/h4-11H,1-3H3/q+1/i1D3. The van der Waals surface area contributed by atoms with E-state index >= 15 is 0 Å². The zero-order valence-corrected chi connectivity index (χ0v) is 12.4. The van der Waals surface area contributed by atoms with E-state index in [2.05, 4.69) is 4.98 Å². The summed E-state index contributed by atoms with van der Waals surface area (Å²) in [5.74, 6) is 0. The molecule has 0 aliphatic rings. The number of aryl methyl sites for hydroxylation is 3. The average molecular weight is 292 g/mol. The molecule has 3 heterocycles. The van der Waals surface area contributed by atoms with Crippen LogP contribution in [0.25, 0.3) is 33.2 Å². The molecule has 1 aromatic carbocycles. The molecule has 0 aliphatic carbocycles. The number of rotatable bonds is 1. The molecule has 0 N–H and O–H groups in total. The highest BCUT2D eigenvalue weighted by molar-refractivity contribution is 6.11. The fourth-order valence-corrected chi connectivity index (χ4v) is 2.99. The van der Waals surface area contributed by atoms with Gasteiger partial charge in [-0.05, 0) is 25.9 Å². The molecule has 108 valence electrons. The van der Waals surface area contributed by atoms with Gasteiger partial charge < -0.3 is 4.42 Å². The molecule has 0 bridgehead atoms. The van der Waals surface area contributed by atoms with Crippen molar-refractivity contribution in [2.45, 2.75) is 13.8 Å². The number of hydrogen-bond acceptors (Lipinski definition) is 2. The summed E-state index contributed by atoms with van der Waals surface area (Å²) in [6, 6.07) is 11.4. The van der Waals surface area contributed by atoms with E-state index in [0.29, 0.717) is 5.56 Å². The van der Waals surface area contributed by atoms with Crippen molar-refractivity contribution in [1.29, 1.82) is 0 Å². The largest absolute Gasteiger partial charge is 0.454 e. The topological polar surface area (TPSA) is 29.9 Å². The van der Waals surface area contributed by atoms with E-state index in [-0.39, 0.29) is 0 Å². The SMILES string of the molecule is [2H]C([2H])([2H])c1ccc(-c2c(C)ncc3oc4ccccc4c23)[n+](C)c1. The minimum Gasteiger partial charge on any atom is -0.454 e. The normalized spacial score (nSPS) is 14.0. The van der Waals surface area contributed by atoms with Gasteiger partial charge in [0.25, 0.3) is 0 Å². The predicted molar refractivity (Wildman–Crippen MR) is 87.6 cm³/mol. The molecular weight excluding hydrogens is 272 g/mol. The smallest absolute Gasteiger partial charge is 0.214 e. The molecule has 0 spiro atoms. The second-order valence-electron chi connectivity index (χ2n) is 5.47. The van der Waals surface area contributed by atoms with Crippen LogP contribution in [0, 0.1) is 13.8 Å². The van der Waals surface area contributed by atoms with Crippen LogP contribution >= 0.6 is 0 Å². The zero-order valence-electron chi connectivity index (χ0n) is 15.4. The van der Waals surface area contributed by atoms with Crippen LogP contribution in [0.15, 0.2) is 53.2 Å². The number of aromatic nitrogens is 2. The lowest BCUT2D eigenvalue weighted by Gasteiger charge is -2.06. The lowest BCUT2D eigenvalue weighted by molar-refractivity contribution is -0.660. The number of furan rings is 1. The van der Waals surface area contributed by atoms with Crippen LogP contribution in [-0.2, 0) is 7.05 Å². The van der Waals surface area contributed by atoms with Gasteiger partial charge in [0, 0.05) is 26.5 Å². The van der Waals surface area contributed by atoms with Crippen LogP contribution in [0.3, 0.4) is 0 Å². The molecule has 0 amide bonds. The minimum atomic E-state index is -2.13. The third-order valence-electron chi connectivity index (χ3n) is 4.00. The van der Waals surface area contributed by atoms with E-state index in [0.717, 1.165) is 38.9 Å². The van der Waals surface area contributed by atoms with Crippen molar-refractivity contribution in [2.75, 3.05) is 0 Å². The van der Waals surface area contributed by atoms with Crippen molar-refractivity contribution in [3.05, 3.63) is 60.0 Å². The third-order valence-corrected chi connectivity index (χ3v) is 4.00. The molecule has 3 nitrogen and oxygen atoms in total. The van der Waals surface area contributed by atoms with Crippen LogP contribution in [0.2, 0.25) is 0 Å². The molecule has 0 saturated carbocycles. The van der Waals surface area contributed by atoms with E-state index in [4.69, 9.17) is 8.53 Å². The van der Waals surface area contributed by atoms with Gasteiger partial charge in [0.1, 0.15) is 12.6 Å². The number of nitrogens with zero attached hydrogens (tertiary/aromatic N) is 2. The van der Waals surface area contributed by atoms with Gasteiger partial charge in [-0.2, -0.15) is 0 Å². The molecule has 0 atom stereocenters. The van der Waals surface area contributed by atoms with Crippen LogP contribution in [0.5, 0.6) is 0 Å². The second kappa shape index (κ2) is 4.67. The summed E-state index contributed by atoms with van der Waals surface area (Å²) in [4.78, 5) is 4.47. The Bertz CT molecular complexity index is 1110. The Morgan fingerprint density at radius 2 is 2.00 bits per heavy atom. The first-order valence-corrected chi connectivity index (χ1v) is 7.13. The van der Waals surface area contributed by atoms with Crippen LogP contribution in [-0.4, -0.2) is 4.98 Å². The summed E-state index contributed by atoms with van der Waals surface area (Å²) in [5.41, 5.74) is 4.58. The van der Waals surface area contributed by atoms with Crippen molar-refractivity contribution >= 4 is 21.9 Å². The number of fused-ring (bicyclic) bond motifs is 3. The second-order valence-corrected chi connectivity index (χ2v) is 5.47. The summed E-state index contributed by atoms with van der Waals surface area (Å²) < 4.78 is 30.5. The average Bonchev–Trinajstić information content (AvgIpc) is 2.93. The fraction of sp³-hybridized carbons (Fsp3) is 0.158. The summed E-state index contributed by atoms with van der Waals surface area (Å²) in [6.07, 6.45) is 3.40. The van der Waals surface area contributed by atoms with Gasteiger partial charge in [-0.25, -0.2) is 4.57 Å². The highest BCUT2D eigenvalue weighted by atomic mass is 16.3. The first-order valence-electron chi connectivity index (χ1n) is 8.63. The van der Waals surface area contributed by atoms with Crippen molar-refractivity contribution in [3.8, 4) is 11.3 Å². The summed E-state index contributed by atoms with van der Waals surface area (Å²) >= 11 is 0. The Morgan fingerprint density at radius 3 is 2.82 bits per heavy atom. The van der Waals surface area contributed by atoms with Gasteiger partial charge in [-0.1, -0.05) is 18.2 Å². The lowest BCUT2D eigenvalue weighted by Crippen LogP contribution is -2.31. The monoisotopic (exact) mass is 292 g/mol. The molecule has 3 heteroatoms. The highest BCUT2D eigenvalue weighted by Gasteiger charge is 2.20. The van der Waals surface area contributed by atoms with Gasteiger partial charge in [0.2, 0.25) is 5.69 Å². The van der Waals surface area contributed by atoms with Gasteiger partial charge >= 0.3 is 0 Å². The maximum absolute atomic E-state index is 7.59. The molecule has 0 radical (unpaired) electrons. The summed E-state index contributed by atoms with van der Waals surface area (Å²) in [7, 11) is 1.85. The fourth-order valence-electron chi connectivity index (χ4n) is 2.99. The highest BCUT2D eigenvalue weighted by Crippen LogP contribution is 2.36. The van der Waals surface area contributed by atoms with Gasteiger partial charge in [0.05, 0.1) is 17.5 Å². The molecule has 0 unspecified atom stereocenters. The van der Waals surface area contributed by atoms with Crippen molar-refractivity contribution in [2.24, 2.45) is 7.05 Å². The van der Waals surface area contributed by atoms with Crippen molar-refractivity contribution in [3.63, 3.8) is 0 Å². The van der Waals surface area contributed by atoms with Crippen LogP contribution < -0.4 is 4.57 Å². The maximum Gasteiger partial charge on any atom is 0.214 e. The minimum absolute atomic E-state index is 0.314. The Kier molecular flexibility index (Phi) is 2.15. The van der Waals surface area contributed by atoms with E-state index in [1.54, 1.807) is 18.5 Å². The van der Waals surface area contributed by atoms with Crippen LogP contribution in [0.4, 0.5) is 0 Å². The molecule has 0 saturated heterocycles. The Hall–Kier alpha value is -2.68. The first-order chi connectivity index (χ1) is 11.9. The van der Waals surface area contributed by atoms with E-state index in [1.807, 2.05) is 48.9 Å². The van der Waals surface area contributed by atoms with E-state index < -0.39 is 6.85 Å². The van der Waals surface area contributed by atoms with Gasteiger partial charge in [-0.3, -0.25) is 4.98 Å². The quantitative estimate of drug-likeness (QED) is 0.495. The Balaban J connectivity index is 2.06. The molecule has 4 rings (SSSR count). The molecule has 3 aromatic heterocycles. The predicted octanol–water partition coefficient (Wildman–Crippen LogP) is 4.09. The van der Waals surface area contributed by atoms with E-state index in [1.165, 1.54) is 0 Å². The summed E-state index contributed by atoms with van der Waals surface area (Å²) in [5, 5.41) is 2.03. The van der Waals surface area contributed by atoms with Gasteiger partial charge in [0.15, 0.2) is 11.8 Å². The number of benzene rings is 1. The van der Waals surface area contributed by atoms with E-state index in [9.17, 15) is 0 Å². The molecular formula is C19H17N2O+. The Morgan fingerprint density at radius 1 is 1.14 bits per heavy atom. The van der Waals surface area contributed by atoms with Crippen LogP contribution in [0.1, 0.15) is 15.4 Å². The number of para-hydroxylation sites is 1. The summed E-state index contributed by atoms with van der Waals surface area (Å²) in [6.45, 7) is -0.174. The zero-order chi connectivity index (χ0) is 17.8. The molecule has 0 fully saturated rings. The van der Waals surface area contributed by atoms with Crippen molar-refractivity contribution < 1.29 is 13.1 Å². The molecule has 0 aliphatic heterocycles. The van der Waals surface area contributed by atoms with Crippen molar-refractivity contribution in [1.82, 2.24) is 4.98 Å².